The van der Waals surface area contributed by atoms with Gasteiger partial charge in [0, 0.05) is 38.0 Å². The van der Waals surface area contributed by atoms with Gasteiger partial charge in [-0.25, -0.2) is 0 Å². The highest BCUT2D eigenvalue weighted by Crippen LogP contribution is 2.32. The monoisotopic (exact) mass is 512 g/mol. The second kappa shape index (κ2) is 10.3. The van der Waals surface area contributed by atoms with Crippen molar-refractivity contribution in [3.05, 3.63) is 18.1 Å². The van der Waals surface area contributed by atoms with Crippen LogP contribution in [0.1, 0.15) is 50.3 Å². The van der Waals surface area contributed by atoms with Gasteiger partial charge in [0.15, 0.2) is 4.83 Å². The molecule has 2 N–H and O–H groups in total. The number of nitrogens with one attached hydrogen (secondary N) is 2. The predicted molar refractivity (Wildman–Crippen MR) is 137 cm³/mol. The van der Waals surface area contributed by atoms with Crippen LogP contribution in [0, 0.1) is 6.92 Å². The fourth-order valence-corrected chi connectivity index (χ4v) is 6.25. The zero-order valence-electron chi connectivity index (χ0n) is 20.5. The van der Waals surface area contributed by atoms with Crippen molar-refractivity contribution in [3.63, 3.8) is 0 Å². The quantitative estimate of drug-likeness (QED) is 0.513. The van der Waals surface area contributed by atoms with E-state index in [0.29, 0.717) is 37.2 Å². The first kappa shape index (κ1) is 23.6. The Labute approximate surface area is 213 Å². The predicted octanol–water partition coefficient (Wildman–Crippen LogP) is 3.27. The molecule has 192 valence electrons. The summed E-state index contributed by atoms with van der Waals surface area (Å²) < 4.78 is 17.3. The maximum absolute atomic E-state index is 12.2. The molecule has 3 aromatic rings. The number of aromatic nitrogens is 5. The summed E-state index contributed by atoms with van der Waals surface area (Å²) in [4.78, 5) is 24.7. The van der Waals surface area contributed by atoms with E-state index in [1.54, 1.807) is 0 Å². The topological polar surface area (TPSA) is 119 Å². The molecule has 3 fully saturated rings. The van der Waals surface area contributed by atoms with Gasteiger partial charge >= 0.3 is 0 Å². The van der Waals surface area contributed by atoms with Crippen molar-refractivity contribution in [2.75, 3.05) is 43.6 Å². The van der Waals surface area contributed by atoms with Gasteiger partial charge in [0.1, 0.15) is 12.4 Å². The molecule has 0 spiro atoms. The van der Waals surface area contributed by atoms with Gasteiger partial charge in [0.25, 0.3) is 0 Å². The van der Waals surface area contributed by atoms with Crippen LogP contribution in [0.2, 0.25) is 0 Å². The Balaban J connectivity index is 1.16. The summed E-state index contributed by atoms with van der Waals surface area (Å²) in [6, 6.07) is 0.958. The maximum Gasteiger partial charge on any atom is 0.248 e. The molecule has 0 radical (unpaired) electrons. The molecule has 1 aliphatic carbocycles. The molecule has 3 aromatic heterocycles. The summed E-state index contributed by atoms with van der Waals surface area (Å²) in [6.45, 7) is 5.10. The largest absolute Gasteiger partial charge is 0.381 e. The van der Waals surface area contributed by atoms with Crippen molar-refractivity contribution in [3.8, 4) is 0 Å². The number of ether oxygens (including phenoxy) is 2. The molecule has 3 aliphatic rings. The number of hydrogen-bond donors (Lipinski definition) is 2. The molecule has 2 saturated heterocycles. The van der Waals surface area contributed by atoms with E-state index < -0.39 is 0 Å². The van der Waals surface area contributed by atoms with Crippen LogP contribution < -0.4 is 10.6 Å². The average Bonchev–Trinajstić information content (AvgIpc) is 3.52. The van der Waals surface area contributed by atoms with Gasteiger partial charge in [0.2, 0.25) is 11.9 Å². The Hall–Kier alpha value is -2.83. The molecule has 0 unspecified atom stereocenters. The fraction of sp³-hybridized carbons (Fsp3) is 0.625. The van der Waals surface area contributed by atoms with E-state index in [1.807, 2.05) is 28.9 Å². The third-order valence-corrected chi connectivity index (χ3v) is 8.26. The number of morpholine rings is 1. The summed E-state index contributed by atoms with van der Waals surface area (Å²) in [5, 5.41) is 12.6. The summed E-state index contributed by atoms with van der Waals surface area (Å²) in [5.74, 6) is 1.47. The van der Waals surface area contributed by atoms with E-state index >= 15 is 0 Å². The van der Waals surface area contributed by atoms with E-state index in [0.717, 1.165) is 79.2 Å². The van der Waals surface area contributed by atoms with Gasteiger partial charge in [0.05, 0.1) is 35.6 Å². The molecule has 0 atom stereocenters. The molecule has 11 nitrogen and oxygen atoms in total. The van der Waals surface area contributed by atoms with Crippen LogP contribution in [0.5, 0.6) is 0 Å². The van der Waals surface area contributed by atoms with Gasteiger partial charge in [-0.2, -0.15) is 19.4 Å². The molecule has 6 rings (SSSR count). The van der Waals surface area contributed by atoms with Crippen LogP contribution in [-0.4, -0.2) is 80.0 Å². The number of nitrogens with zero attached hydrogens (tertiary/aromatic N) is 6. The molecule has 1 amide bonds. The molecular formula is C24H32N8O3S. The first-order valence-corrected chi connectivity index (χ1v) is 13.6. The van der Waals surface area contributed by atoms with E-state index in [9.17, 15) is 4.79 Å². The summed E-state index contributed by atoms with van der Waals surface area (Å²) in [5.41, 5.74) is 1.80. The molecule has 1 saturated carbocycles. The van der Waals surface area contributed by atoms with Crippen LogP contribution in [0.15, 0.2) is 12.4 Å². The van der Waals surface area contributed by atoms with E-state index in [-0.39, 0.29) is 12.5 Å². The highest BCUT2D eigenvalue weighted by molar-refractivity contribution is 7.13. The first-order chi connectivity index (χ1) is 17.6. The van der Waals surface area contributed by atoms with Crippen LogP contribution in [-0.2, 0) is 14.3 Å². The summed E-state index contributed by atoms with van der Waals surface area (Å²) in [7, 11) is 0. The number of rotatable bonds is 6. The van der Waals surface area contributed by atoms with Crippen molar-refractivity contribution >= 4 is 45.1 Å². The van der Waals surface area contributed by atoms with Crippen molar-refractivity contribution in [1.29, 1.82) is 0 Å². The van der Waals surface area contributed by atoms with Crippen LogP contribution in [0.25, 0.3) is 10.2 Å². The fourth-order valence-electron chi connectivity index (χ4n) is 5.47. The van der Waals surface area contributed by atoms with Crippen molar-refractivity contribution in [1.82, 2.24) is 29.0 Å². The minimum atomic E-state index is 0.117. The van der Waals surface area contributed by atoms with Crippen LogP contribution in [0.3, 0.4) is 0 Å². The number of fused-ring (bicyclic) bond motifs is 1. The van der Waals surface area contributed by atoms with Gasteiger partial charge < -0.3 is 25.0 Å². The number of anilines is 3. The maximum atomic E-state index is 12.2. The number of carbonyl (C=O) groups is 1. The number of amides is 1. The molecule has 12 heteroatoms. The van der Waals surface area contributed by atoms with Crippen molar-refractivity contribution in [2.45, 2.75) is 63.6 Å². The SMILES string of the molecule is Cc1nsc2nc(Nc3cnn(C4CCOCC4)c3)nc(N[C@H]3CC[C@H](N4CCOCC4=O)CC3)c12. The van der Waals surface area contributed by atoms with Gasteiger partial charge in [-0.1, -0.05) is 0 Å². The molecular weight excluding hydrogens is 480 g/mol. The van der Waals surface area contributed by atoms with Crippen LogP contribution >= 0.6 is 11.5 Å². The van der Waals surface area contributed by atoms with Gasteiger partial charge in [-0.3, -0.25) is 9.48 Å². The Morgan fingerprint density at radius 2 is 1.86 bits per heavy atom. The summed E-state index contributed by atoms with van der Waals surface area (Å²) in [6.07, 6.45) is 9.71. The van der Waals surface area contributed by atoms with Crippen molar-refractivity contribution < 1.29 is 14.3 Å². The van der Waals surface area contributed by atoms with E-state index in [1.165, 1.54) is 11.5 Å². The second-order valence-corrected chi connectivity index (χ2v) is 10.6. The second-order valence-electron chi connectivity index (χ2n) is 9.81. The Morgan fingerprint density at radius 1 is 1.03 bits per heavy atom. The number of aryl methyl sites for hydroxylation is 1. The lowest BCUT2D eigenvalue weighted by Gasteiger charge is -2.39. The molecule has 0 bridgehead atoms. The number of hydrogen-bond acceptors (Lipinski definition) is 10. The van der Waals surface area contributed by atoms with Crippen LogP contribution in [0.4, 0.5) is 17.5 Å². The third-order valence-electron chi connectivity index (χ3n) is 7.43. The highest BCUT2D eigenvalue weighted by Gasteiger charge is 2.31. The van der Waals surface area contributed by atoms with Crippen molar-refractivity contribution in [2.24, 2.45) is 0 Å². The minimum absolute atomic E-state index is 0.117. The lowest BCUT2D eigenvalue weighted by Crippen LogP contribution is -2.49. The smallest absolute Gasteiger partial charge is 0.248 e. The third kappa shape index (κ3) is 4.89. The van der Waals surface area contributed by atoms with Gasteiger partial charge in [-0.15, -0.1) is 0 Å². The molecule has 0 aromatic carbocycles. The normalized spacial score (nSPS) is 23.8. The minimum Gasteiger partial charge on any atom is -0.381 e. The standard InChI is InChI=1S/C24H32N8O3S/c1-15-21-22(26-16-2-4-18(5-3-16)31-8-11-35-14-20(31)33)28-24(29-23(21)36-30-15)27-17-12-25-32(13-17)19-6-9-34-10-7-19/h12-13,16,18-19H,2-11,14H2,1H3,(H2,26,27,28,29)/t16-,18-. The number of carbonyl (C=O) groups excluding carboxylic acids is 1. The zero-order chi connectivity index (χ0) is 24.5. The Kier molecular flexibility index (Phi) is 6.72. The lowest BCUT2D eigenvalue weighted by molar-refractivity contribution is -0.146. The van der Waals surface area contributed by atoms with E-state index in [4.69, 9.17) is 19.4 Å². The Bertz CT molecular complexity index is 1220. The zero-order valence-corrected chi connectivity index (χ0v) is 21.3. The molecule has 36 heavy (non-hydrogen) atoms. The molecule has 2 aliphatic heterocycles. The molecule has 5 heterocycles. The lowest BCUT2D eigenvalue weighted by atomic mass is 9.90. The van der Waals surface area contributed by atoms with E-state index in [2.05, 4.69) is 20.1 Å². The Morgan fingerprint density at radius 3 is 2.67 bits per heavy atom. The average molecular weight is 513 g/mol. The van der Waals surface area contributed by atoms with Gasteiger partial charge in [-0.05, 0) is 57.0 Å². The summed E-state index contributed by atoms with van der Waals surface area (Å²) >= 11 is 1.39. The first-order valence-electron chi connectivity index (χ1n) is 12.8. The highest BCUT2D eigenvalue weighted by atomic mass is 32.1.